The van der Waals surface area contributed by atoms with Crippen LogP contribution in [0.15, 0.2) is 24.3 Å². The van der Waals surface area contributed by atoms with Gasteiger partial charge in [0.1, 0.15) is 0 Å². The number of carbonyl (C=O) groups excluding carboxylic acids is 1. The predicted molar refractivity (Wildman–Crippen MR) is 81.0 cm³/mol. The van der Waals surface area contributed by atoms with Crippen molar-refractivity contribution >= 4 is 11.6 Å². The molecule has 0 aliphatic heterocycles. The number of rotatable bonds is 7. The summed E-state index contributed by atoms with van der Waals surface area (Å²) in [6.45, 7) is 7.09. The van der Waals surface area contributed by atoms with Crippen molar-refractivity contribution < 1.29 is 4.79 Å². The summed E-state index contributed by atoms with van der Waals surface area (Å²) >= 11 is 0. The van der Waals surface area contributed by atoms with E-state index in [0.717, 1.165) is 24.1 Å². The van der Waals surface area contributed by atoms with Crippen LogP contribution in [0, 0.1) is 18.8 Å². The second-order valence-electron chi connectivity index (χ2n) is 5.48. The molecule has 0 spiro atoms. The van der Waals surface area contributed by atoms with Gasteiger partial charge in [-0.3, -0.25) is 4.79 Å². The van der Waals surface area contributed by atoms with E-state index in [9.17, 15) is 4.79 Å². The van der Waals surface area contributed by atoms with Crippen molar-refractivity contribution in [1.29, 1.82) is 0 Å². The average molecular weight is 262 g/mol. The summed E-state index contributed by atoms with van der Waals surface area (Å²) in [5.41, 5.74) is 7.62. The maximum absolute atomic E-state index is 12.0. The second kappa shape index (κ2) is 7.95. The maximum Gasteiger partial charge on any atom is 0.224 e. The molecule has 1 atom stereocenters. The Labute approximate surface area is 116 Å². The van der Waals surface area contributed by atoms with Gasteiger partial charge in [0.05, 0.1) is 0 Å². The Morgan fingerprint density at radius 1 is 1.26 bits per heavy atom. The Bertz CT molecular complexity index is 401. The number of aryl methyl sites for hydroxylation is 1. The molecule has 1 aromatic carbocycles. The van der Waals surface area contributed by atoms with Crippen LogP contribution in [0.25, 0.3) is 0 Å². The number of para-hydroxylation sites is 1. The van der Waals surface area contributed by atoms with E-state index >= 15 is 0 Å². The van der Waals surface area contributed by atoms with Gasteiger partial charge in [0.25, 0.3) is 0 Å². The maximum atomic E-state index is 12.0. The molecule has 106 valence electrons. The highest BCUT2D eigenvalue weighted by molar-refractivity contribution is 5.91. The quantitative estimate of drug-likeness (QED) is 0.792. The molecule has 1 rings (SSSR count). The zero-order valence-electron chi connectivity index (χ0n) is 12.3. The SMILES string of the molecule is Cc1ccccc1NC(=O)CCC(CCN)C(C)C. The van der Waals surface area contributed by atoms with Gasteiger partial charge in [-0.15, -0.1) is 0 Å². The van der Waals surface area contributed by atoms with E-state index in [1.165, 1.54) is 0 Å². The van der Waals surface area contributed by atoms with Crippen LogP contribution in [0.5, 0.6) is 0 Å². The van der Waals surface area contributed by atoms with Crippen LogP contribution in [0.4, 0.5) is 5.69 Å². The van der Waals surface area contributed by atoms with Crippen molar-refractivity contribution in [2.24, 2.45) is 17.6 Å². The third-order valence-corrected chi connectivity index (χ3v) is 3.64. The first-order chi connectivity index (χ1) is 9.04. The molecule has 0 aliphatic rings. The summed E-state index contributed by atoms with van der Waals surface area (Å²) in [6, 6.07) is 7.85. The fraction of sp³-hybridized carbons (Fsp3) is 0.562. The van der Waals surface area contributed by atoms with Crippen molar-refractivity contribution in [1.82, 2.24) is 0 Å². The van der Waals surface area contributed by atoms with Crippen LogP contribution in [0.1, 0.15) is 38.7 Å². The number of benzene rings is 1. The third-order valence-electron chi connectivity index (χ3n) is 3.64. The molecule has 0 radical (unpaired) electrons. The zero-order valence-corrected chi connectivity index (χ0v) is 12.3. The van der Waals surface area contributed by atoms with Gasteiger partial charge in [0, 0.05) is 12.1 Å². The van der Waals surface area contributed by atoms with E-state index in [0.29, 0.717) is 24.8 Å². The van der Waals surface area contributed by atoms with Crippen LogP contribution >= 0.6 is 0 Å². The predicted octanol–water partition coefficient (Wildman–Crippen LogP) is 3.33. The number of amides is 1. The van der Waals surface area contributed by atoms with E-state index in [1.807, 2.05) is 31.2 Å². The van der Waals surface area contributed by atoms with Gasteiger partial charge in [0.2, 0.25) is 5.91 Å². The van der Waals surface area contributed by atoms with Gasteiger partial charge in [-0.2, -0.15) is 0 Å². The van der Waals surface area contributed by atoms with Crippen molar-refractivity contribution in [3.05, 3.63) is 29.8 Å². The van der Waals surface area contributed by atoms with Gasteiger partial charge >= 0.3 is 0 Å². The molecule has 1 amide bonds. The standard InChI is InChI=1S/C16H26N2O/c1-12(2)14(10-11-17)8-9-16(19)18-15-7-5-4-6-13(15)3/h4-7,12,14H,8-11,17H2,1-3H3,(H,18,19). The lowest BCUT2D eigenvalue weighted by Gasteiger charge is -2.19. The summed E-state index contributed by atoms with van der Waals surface area (Å²) < 4.78 is 0. The van der Waals surface area contributed by atoms with Crippen molar-refractivity contribution in [3.63, 3.8) is 0 Å². The van der Waals surface area contributed by atoms with Crippen molar-refractivity contribution in [2.45, 2.75) is 40.0 Å². The number of carbonyl (C=O) groups is 1. The van der Waals surface area contributed by atoms with Gasteiger partial charge in [-0.05, 0) is 49.8 Å². The Kier molecular flexibility index (Phi) is 6.57. The minimum absolute atomic E-state index is 0.0944. The normalized spacial score (nSPS) is 12.5. The molecule has 3 N–H and O–H groups in total. The first kappa shape index (κ1) is 15.7. The lowest BCUT2D eigenvalue weighted by molar-refractivity contribution is -0.116. The molecule has 0 aromatic heterocycles. The molecular formula is C16H26N2O. The topological polar surface area (TPSA) is 55.1 Å². The van der Waals surface area contributed by atoms with E-state index in [-0.39, 0.29) is 5.91 Å². The van der Waals surface area contributed by atoms with Crippen LogP contribution < -0.4 is 11.1 Å². The van der Waals surface area contributed by atoms with Gasteiger partial charge in [0.15, 0.2) is 0 Å². The number of hydrogen-bond donors (Lipinski definition) is 2. The monoisotopic (exact) mass is 262 g/mol. The van der Waals surface area contributed by atoms with Crippen LogP contribution in [0.2, 0.25) is 0 Å². The average Bonchev–Trinajstić information content (AvgIpc) is 2.37. The molecule has 0 bridgehead atoms. The molecule has 1 aromatic rings. The summed E-state index contributed by atoms with van der Waals surface area (Å²) in [7, 11) is 0. The highest BCUT2D eigenvalue weighted by Gasteiger charge is 2.14. The molecule has 19 heavy (non-hydrogen) atoms. The molecular weight excluding hydrogens is 236 g/mol. The third kappa shape index (κ3) is 5.43. The number of anilines is 1. The second-order valence-corrected chi connectivity index (χ2v) is 5.48. The number of hydrogen-bond acceptors (Lipinski definition) is 2. The molecule has 0 saturated heterocycles. The van der Waals surface area contributed by atoms with Crippen molar-refractivity contribution in [3.8, 4) is 0 Å². The Balaban J connectivity index is 2.45. The smallest absolute Gasteiger partial charge is 0.224 e. The largest absolute Gasteiger partial charge is 0.330 e. The number of nitrogens with one attached hydrogen (secondary N) is 1. The van der Waals surface area contributed by atoms with E-state index in [4.69, 9.17) is 5.73 Å². The molecule has 0 aliphatic carbocycles. The minimum Gasteiger partial charge on any atom is -0.330 e. The summed E-state index contributed by atoms with van der Waals surface area (Å²) in [5.74, 6) is 1.21. The van der Waals surface area contributed by atoms with Gasteiger partial charge < -0.3 is 11.1 Å². The first-order valence-corrected chi connectivity index (χ1v) is 7.10. The lowest BCUT2D eigenvalue weighted by Crippen LogP contribution is -2.18. The van der Waals surface area contributed by atoms with Crippen molar-refractivity contribution in [2.75, 3.05) is 11.9 Å². The molecule has 3 nitrogen and oxygen atoms in total. The molecule has 1 unspecified atom stereocenters. The summed E-state index contributed by atoms with van der Waals surface area (Å²) in [5, 5.41) is 2.98. The van der Waals surface area contributed by atoms with Gasteiger partial charge in [-0.25, -0.2) is 0 Å². The molecule has 0 fully saturated rings. The van der Waals surface area contributed by atoms with Crippen LogP contribution in [-0.4, -0.2) is 12.5 Å². The molecule has 0 saturated carbocycles. The van der Waals surface area contributed by atoms with E-state index < -0.39 is 0 Å². The zero-order chi connectivity index (χ0) is 14.3. The fourth-order valence-corrected chi connectivity index (χ4v) is 2.27. The first-order valence-electron chi connectivity index (χ1n) is 7.10. The molecule has 3 heteroatoms. The Morgan fingerprint density at radius 2 is 1.95 bits per heavy atom. The van der Waals surface area contributed by atoms with Gasteiger partial charge in [-0.1, -0.05) is 32.0 Å². The fourth-order valence-electron chi connectivity index (χ4n) is 2.27. The summed E-state index contributed by atoms with van der Waals surface area (Å²) in [4.78, 5) is 12.0. The number of nitrogens with two attached hydrogens (primary N) is 1. The van der Waals surface area contributed by atoms with E-state index in [2.05, 4.69) is 19.2 Å². The molecule has 0 heterocycles. The minimum atomic E-state index is 0.0944. The lowest BCUT2D eigenvalue weighted by atomic mass is 9.88. The highest BCUT2D eigenvalue weighted by atomic mass is 16.1. The Hall–Kier alpha value is -1.35. The van der Waals surface area contributed by atoms with Crippen LogP contribution in [-0.2, 0) is 4.79 Å². The summed E-state index contributed by atoms with van der Waals surface area (Å²) in [6.07, 6.45) is 2.47. The van der Waals surface area contributed by atoms with Crippen LogP contribution in [0.3, 0.4) is 0 Å². The highest BCUT2D eigenvalue weighted by Crippen LogP contribution is 2.21. The Morgan fingerprint density at radius 3 is 2.53 bits per heavy atom. The van der Waals surface area contributed by atoms with E-state index in [1.54, 1.807) is 0 Å².